The number of nitrogens with zero attached hydrogens (tertiary/aromatic N) is 2. The molecule has 2 unspecified atom stereocenters. The lowest BCUT2D eigenvalue weighted by molar-refractivity contribution is -0.236. The second-order valence-corrected chi connectivity index (χ2v) is 9.88. The molecule has 10 heteroatoms. The number of nitrogens with one attached hydrogen (secondary N) is 1. The Balaban J connectivity index is 1.66. The lowest BCUT2D eigenvalue weighted by Crippen LogP contribution is -2.60. The standard InChI is InChI=1S/C26H34F3N3O4/c1-17(23(35-2)21-9-6-14-30-21)16-31(25(34)26(27,28)29)22(15-18-7-4-3-5-8-18)24(33)32-19-10-12-20(36-32)13-11-19/h3-5,7-8,10,12,17,19-23,30H,6,9,11,13-16H2,1-2H3/t17-,19?,20?,21+,22+,23-/m1/s1. The van der Waals surface area contributed by atoms with E-state index in [1.54, 1.807) is 37.3 Å². The summed E-state index contributed by atoms with van der Waals surface area (Å²) in [6.07, 6.45) is 0.984. The summed E-state index contributed by atoms with van der Waals surface area (Å²) in [5.41, 5.74) is 0.655. The molecule has 2 bridgehead atoms. The van der Waals surface area contributed by atoms with Gasteiger partial charge in [0.1, 0.15) is 12.1 Å². The van der Waals surface area contributed by atoms with E-state index in [-0.39, 0.29) is 31.2 Å². The third kappa shape index (κ3) is 5.92. The summed E-state index contributed by atoms with van der Waals surface area (Å²) in [6.45, 7) is 2.28. The van der Waals surface area contributed by atoms with Gasteiger partial charge in [0.05, 0.1) is 12.1 Å². The number of carbonyl (C=O) groups is 2. The molecule has 1 N–H and O–H groups in total. The zero-order valence-electron chi connectivity index (χ0n) is 20.6. The smallest absolute Gasteiger partial charge is 0.379 e. The zero-order chi connectivity index (χ0) is 25.9. The van der Waals surface area contributed by atoms with Gasteiger partial charge in [-0.25, -0.2) is 5.06 Å². The van der Waals surface area contributed by atoms with Gasteiger partial charge in [-0.2, -0.15) is 13.2 Å². The summed E-state index contributed by atoms with van der Waals surface area (Å²) in [7, 11) is 1.52. The van der Waals surface area contributed by atoms with Crippen LogP contribution in [-0.4, -0.2) is 78.5 Å². The first-order valence-corrected chi connectivity index (χ1v) is 12.5. The third-order valence-corrected chi connectivity index (χ3v) is 7.31. The molecule has 36 heavy (non-hydrogen) atoms. The number of benzene rings is 1. The first-order chi connectivity index (χ1) is 17.2. The molecule has 1 aliphatic carbocycles. The van der Waals surface area contributed by atoms with Crippen molar-refractivity contribution in [2.75, 3.05) is 20.2 Å². The van der Waals surface area contributed by atoms with Crippen molar-refractivity contribution < 1.29 is 32.3 Å². The summed E-state index contributed by atoms with van der Waals surface area (Å²) >= 11 is 0. The summed E-state index contributed by atoms with van der Waals surface area (Å²) in [6, 6.07) is 7.00. The van der Waals surface area contributed by atoms with Crippen LogP contribution in [0.3, 0.4) is 0 Å². The number of hydrogen-bond acceptors (Lipinski definition) is 5. The Morgan fingerprint density at radius 1 is 1.19 bits per heavy atom. The van der Waals surface area contributed by atoms with E-state index in [0.717, 1.165) is 25.8 Å². The quantitative estimate of drug-likeness (QED) is 0.518. The van der Waals surface area contributed by atoms with Gasteiger partial charge in [0.25, 0.3) is 5.91 Å². The van der Waals surface area contributed by atoms with E-state index in [0.29, 0.717) is 16.9 Å². The summed E-state index contributed by atoms with van der Waals surface area (Å²) < 4.78 is 47.3. The van der Waals surface area contributed by atoms with Gasteiger partial charge in [-0.15, -0.1) is 0 Å². The van der Waals surface area contributed by atoms with E-state index in [1.165, 1.54) is 12.2 Å². The maximum absolute atomic E-state index is 13.9. The average Bonchev–Trinajstić information content (AvgIpc) is 3.41. The van der Waals surface area contributed by atoms with Gasteiger partial charge in [0.15, 0.2) is 0 Å². The molecule has 4 aliphatic rings. The van der Waals surface area contributed by atoms with Gasteiger partial charge in [0.2, 0.25) is 0 Å². The number of carbonyl (C=O) groups excluding carboxylic acids is 2. The van der Waals surface area contributed by atoms with Gasteiger partial charge in [-0.1, -0.05) is 49.4 Å². The fourth-order valence-electron chi connectivity index (χ4n) is 5.53. The maximum atomic E-state index is 13.9. The molecule has 0 saturated carbocycles. The van der Waals surface area contributed by atoms with E-state index in [2.05, 4.69) is 5.32 Å². The molecule has 0 spiro atoms. The number of fused-ring (bicyclic) bond motifs is 2. The van der Waals surface area contributed by atoms with Gasteiger partial charge < -0.3 is 15.0 Å². The summed E-state index contributed by atoms with van der Waals surface area (Å²) in [5, 5.41) is 4.51. The van der Waals surface area contributed by atoms with Crippen LogP contribution in [0.25, 0.3) is 0 Å². The SMILES string of the molecule is CO[C@H]([C@H](C)CN(C(=O)C(F)(F)F)[C@@H](Cc1ccccc1)C(=O)N1OC2C=CC1CC2)[C@@H]1CCCN1. The number of hydroxylamine groups is 2. The van der Waals surface area contributed by atoms with Gasteiger partial charge in [-0.05, 0) is 37.8 Å². The van der Waals surface area contributed by atoms with Crippen molar-refractivity contribution in [3.05, 3.63) is 48.0 Å². The van der Waals surface area contributed by atoms with Crippen molar-refractivity contribution in [1.82, 2.24) is 15.3 Å². The molecule has 0 aromatic heterocycles. The molecule has 0 radical (unpaired) electrons. The van der Waals surface area contributed by atoms with Crippen molar-refractivity contribution >= 4 is 11.8 Å². The second-order valence-electron chi connectivity index (χ2n) is 9.88. The van der Waals surface area contributed by atoms with Crippen LogP contribution in [0.4, 0.5) is 13.2 Å². The van der Waals surface area contributed by atoms with Crippen molar-refractivity contribution in [2.45, 2.75) is 75.5 Å². The highest BCUT2D eigenvalue weighted by Gasteiger charge is 2.49. The maximum Gasteiger partial charge on any atom is 0.471 e. The second kappa shape index (κ2) is 11.3. The first-order valence-electron chi connectivity index (χ1n) is 12.5. The molecule has 2 fully saturated rings. The number of halogens is 3. The van der Waals surface area contributed by atoms with Crippen LogP contribution in [-0.2, 0) is 25.6 Å². The highest BCUT2D eigenvalue weighted by Crippen LogP contribution is 2.31. The molecule has 3 heterocycles. The molecule has 1 aromatic carbocycles. The largest absolute Gasteiger partial charge is 0.471 e. The van der Waals surface area contributed by atoms with E-state index >= 15 is 0 Å². The normalized spacial score (nSPS) is 26.0. The molecule has 3 aliphatic heterocycles. The minimum absolute atomic E-state index is 0.0255. The van der Waals surface area contributed by atoms with Crippen LogP contribution in [0.2, 0.25) is 0 Å². The van der Waals surface area contributed by atoms with Crippen molar-refractivity contribution in [3.63, 3.8) is 0 Å². The molecule has 7 nitrogen and oxygen atoms in total. The molecule has 198 valence electrons. The van der Waals surface area contributed by atoms with E-state index < -0.39 is 36.1 Å². The van der Waals surface area contributed by atoms with Crippen LogP contribution in [0.5, 0.6) is 0 Å². The number of methoxy groups -OCH3 is 1. The monoisotopic (exact) mass is 509 g/mol. The Hall–Kier alpha value is -2.43. The molecule has 2 amide bonds. The fourth-order valence-corrected chi connectivity index (χ4v) is 5.53. The zero-order valence-corrected chi connectivity index (χ0v) is 20.6. The summed E-state index contributed by atoms with van der Waals surface area (Å²) in [5.74, 6) is -3.13. The minimum atomic E-state index is -5.13. The highest BCUT2D eigenvalue weighted by molar-refractivity contribution is 5.90. The summed E-state index contributed by atoms with van der Waals surface area (Å²) in [4.78, 5) is 33.1. The number of ether oxygens (including phenoxy) is 1. The van der Waals surface area contributed by atoms with Crippen LogP contribution >= 0.6 is 0 Å². The molecule has 1 aromatic rings. The molecule has 5 rings (SSSR count). The average molecular weight is 510 g/mol. The Morgan fingerprint density at radius 3 is 2.47 bits per heavy atom. The van der Waals surface area contributed by atoms with Crippen molar-refractivity contribution in [1.29, 1.82) is 0 Å². The molecular weight excluding hydrogens is 475 g/mol. The van der Waals surface area contributed by atoms with Gasteiger partial charge >= 0.3 is 12.1 Å². The van der Waals surface area contributed by atoms with E-state index in [1.807, 2.05) is 12.2 Å². The molecular formula is C26H34F3N3O4. The number of alkyl halides is 3. The van der Waals surface area contributed by atoms with Crippen molar-refractivity contribution in [3.8, 4) is 0 Å². The van der Waals surface area contributed by atoms with Gasteiger partial charge in [-0.3, -0.25) is 14.4 Å². The molecule has 6 atom stereocenters. The van der Waals surface area contributed by atoms with Gasteiger partial charge in [0, 0.05) is 32.0 Å². The van der Waals surface area contributed by atoms with E-state index in [9.17, 15) is 22.8 Å². The number of hydrogen-bond donors (Lipinski definition) is 1. The first kappa shape index (κ1) is 26.6. The van der Waals surface area contributed by atoms with Crippen LogP contribution in [0.15, 0.2) is 42.5 Å². The number of amides is 2. The van der Waals surface area contributed by atoms with Crippen LogP contribution in [0.1, 0.15) is 38.2 Å². The number of rotatable bonds is 9. The predicted octanol–water partition coefficient (Wildman–Crippen LogP) is 3.25. The lowest BCUT2D eigenvalue weighted by Gasteiger charge is -2.44. The lowest BCUT2D eigenvalue weighted by atomic mass is 9.93. The Morgan fingerprint density at radius 2 is 1.94 bits per heavy atom. The fraction of sp³-hybridized carbons (Fsp3) is 0.615. The highest BCUT2D eigenvalue weighted by atomic mass is 19.4. The minimum Gasteiger partial charge on any atom is -0.379 e. The van der Waals surface area contributed by atoms with Crippen LogP contribution in [0, 0.1) is 5.92 Å². The molecule has 2 saturated heterocycles. The van der Waals surface area contributed by atoms with Crippen molar-refractivity contribution in [2.24, 2.45) is 5.92 Å². The Bertz CT molecular complexity index is 936. The van der Waals surface area contributed by atoms with E-state index in [4.69, 9.17) is 9.57 Å². The van der Waals surface area contributed by atoms with Crippen LogP contribution < -0.4 is 5.32 Å². The Kier molecular flexibility index (Phi) is 8.37. The predicted molar refractivity (Wildman–Crippen MR) is 127 cm³/mol. The third-order valence-electron chi connectivity index (χ3n) is 7.31. The Labute approximate surface area is 209 Å². The topological polar surface area (TPSA) is 71.1 Å².